The molecular weight excluding hydrogens is 216 g/mol. The maximum Gasteiger partial charge on any atom is 0.120 e. The molecule has 76 valence electrons. The van der Waals surface area contributed by atoms with Gasteiger partial charge < -0.3 is 4.79 Å². The van der Waals surface area contributed by atoms with Gasteiger partial charge in [0, 0.05) is 16.3 Å². The number of rotatable bonds is 4. The Morgan fingerprint density at radius 2 is 2.29 bits per heavy atom. The van der Waals surface area contributed by atoms with Gasteiger partial charge in [0.2, 0.25) is 0 Å². The van der Waals surface area contributed by atoms with Gasteiger partial charge in [0.05, 0.1) is 0 Å². The number of aldehydes is 1. The highest BCUT2D eigenvalue weighted by Gasteiger charge is 2.10. The van der Waals surface area contributed by atoms with Crippen molar-refractivity contribution >= 4 is 29.6 Å². The van der Waals surface area contributed by atoms with E-state index in [2.05, 4.69) is 0 Å². The lowest BCUT2D eigenvalue weighted by Crippen LogP contribution is -1.96. The minimum atomic E-state index is 0.244. The summed E-state index contributed by atoms with van der Waals surface area (Å²) >= 11 is 7.60. The van der Waals surface area contributed by atoms with Crippen molar-refractivity contribution in [1.29, 1.82) is 0 Å². The van der Waals surface area contributed by atoms with Crippen molar-refractivity contribution in [3.05, 3.63) is 28.8 Å². The SMILES string of the molecule is CSc1ccc(Cl)cc1C(C)CC=O. The second kappa shape index (κ2) is 5.42. The monoisotopic (exact) mass is 228 g/mol. The molecule has 0 aliphatic heterocycles. The Kier molecular flexibility index (Phi) is 4.49. The lowest BCUT2D eigenvalue weighted by Gasteiger charge is -2.13. The van der Waals surface area contributed by atoms with Crippen LogP contribution in [0.4, 0.5) is 0 Å². The molecule has 0 amide bonds. The van der Waals surface area contributed by atoms with Crippen LogP contribution in [0.15, 0.2) is 23.1 Å². The molecule has 1 atom stereocenters. The number of benzene rings is 1. The first-order valence-corrected chi connectivity index (χ1v) is 6.06. The standard InChI is InChI=1S/C11H13ClOS/c1-8(5-6-13)10-7-9(12)3-4-11(10)14-2/h3-4,6-8H,5H2,1-2H3. The quantitative estimate of drug-likeness (QED) is 0.577. The van der Waals surface area contributed by atoms with E-state index in [4.69, 9.17) is 11.6 Å². The lowest BCUT2D eigenvalue weighted by atomic mass is 9.98. The van der Waals surface area contributed by atoms with Gasteiger partial charge in [-0.2, -0.15) is 0 Å². The van der Waals surface area contributed by atoms with Crippen molar-refractivity contribution in [2.24, 2.45) is 0 Å². The number of hydrogen-bond donors (Lipinski definition) is 0. The Labute approximate surface area is 93.8 Å². The van der Waals surface area contributed by atoms with Gasteiger partial charge in [-0.05, 0) is 35.9 Å². The van der Waals surface area contributed by atoms with Crippen molar-refractivity contribution in [3.8, 4) is 0 Å². The van der Waals surface area contributed by atoms with Crippen LogP contribution < -0.4 is 0 Å². The van der Waals surface area contributed by atoms with Gasteiger partial charge in [-0.25, -0.2) is 0 Å². The van der Waals surface area contributed by atoms with Crippen LogP contribution >= 0.6 is 23.4 Å². The number of carbonyl (C=O) groups is 1. The molecule has 1 rings (SSSR count). The largest absolute Gasteiger partial charge is 0.303 e. The Morgan fingerprint density at radius 3 is 2.86 bits per heavy atom. The molecule has 0 radical (unpaired) electrons. The molecule has 1 unspecified atom stereocenters. The molecule has 0 fully saturated rings. The summed E-state index contributed by atoms with van der Waals surface area (Å²) in [5.41, 5.74) is 1.16. The van der Waals surface area contributed by atoms with Gasteiger partial charge in [0.25, 0.3) is 0 Å². The van der Waals surface area contributed by atoms with E-state index in [1.807, 2.05) is 31.4 Å². The third-order valence-corrected chi connectivity index (χ3v) is 3.22. The Morgan fingerprint density at radius 1 is 1.57 bits per heavy atom. The van der Waals surface area contributed by atoms with Crippen molar-refractivity contribution < 1.29 is 4.79 Å². The van der Waals surface area contributed by atoms with Gasteiger partial charge in [-0.1, -0.05) is 18.5 Å². The van der Waals surface area contributed by atoms with E-state index in [0.29, 0.717) is 6.42 Å². The summed E-state index contributed by atoms with van der Waals surface area (Å²) in [7, 11) is 0. The van der Waals surface area contributed by atoms with E-state index in [-0.39, 0.29) is 5.92 Å². The molecule has 0 heterocycles. The molecule has 1 aromatic carbocycles. The van der Waals surface area contributed by atoms with Gasteiger partial charge in [0.1, 0.15) is 6.29 Å². The molecule has 0 N–H and O–H groups in total. The van der Waals surface area contributed by atoms with E-state index in [1.165, 1.54) is 4.90 Å². The summed E-state index contributed by atoms with van der Waals surface area (Å²) in [6.07, 6.45) is 3.53. The van der Waals surface area contributed by atoms with Crippen LogP contribution in [0.3, 0.4) is 0 Å². The summed E-state index contributed by atoms with van der Waals surface area (Å²) in [4.78, 5) is 11.6. The minimum absolute atomic E-state index is 0.244. The summed E-state index contributed by atoms with van der Waals surface area (Å²) in [5, 5.41) is 0.732. The highest BCUT2D eigenvalue weighted by atomic mass is 35.5. The normalized spacial score (nSPS) is 12.5. The van der Waals surface area contributed by atoms with Crippen molar-refractivity contribution in [3.63, 3.8) is 0 Å². The molecule has 1 aromatic rings. The maximum absolute atomic E-state index is 10.4. The average Bonchev–Trinajstić information content (AvgIpc) is 2.18. The smallest absolute Gasteiger partial charge is 0.120 e. The van der Waals surface area contributed by atoms with Gasteiger partial charge in [-0.15, -0.1) is 11.8 Å². The molecule has 0 spiro atoms. The Bertz CT molecular complexity index is 325. The first-order chi connectivity index (χ1) is 6.69. The predicted octanol–water partition coefficient (Wildman–Crippen LogP) is 3.75. The zero-order chi connectivity index (χ0) is 10.6. The predicted molar refractivity (Wildman–Crippen MR) is 62.3 cm³/mol. The van der Waals surface area contributed by atoms with Gasteiger partial charge >= 0.3 is 0 Å². The Balaban J connectivity index is 3.02. The van der Waals surface area contributed by atoms with Crippen LogP contribution in [-0.2, 0) is 4.79 Å². The second-order valence-electron chi connectivity index (χ2n) is 3.19. The fraction of sp³-hybridized carbons (Fsp3) is 0.364. The molecule has 1 nitrogen and oxygen atoms in total. The molecule has 0 saturated carbocycles. The van der Waals surface area contributed by atoms with E-state index >= 15 is 0 Å². The summed E-state index contributed by atoms with van der Waals surface area (Å²) in [6, 6.07) is 5.83. The topological polar surface area (TPSA) is 17.1 Å². The van der Waals surface area contributed by atoms with Crippen molar-refractivity contribution in [2.45, 2.75) is 24.2 Å². The number of hydrogen-bond acceptors (Lipinski definition) is 2. The van der Waals surface area contributed by atoms with E-state index in [9.17, 15) is 4.79 Å². The molecule has 0 aromatic heterocycles. The number of thioether (sulfide) groups is 1. The third kappa shape index (κ3) is 2.76. The van der Waals surface area contributed by atoms with Crippen LogP contribution in [-0.4, -0.2) is 12.5 Å². The molecule has 0 bridgehead atoms. The molecule has 0 saturated heterocycles. The second-order valence-corrected chi connectivity index (χ2v) is 4.47. The summed E-state index contributed by atoms with van der Waals surface area (Å²) < 4.78 is 0. The molecule has 0 aliphatic rings. The van der Waals surface area contributed by atoms with E-state index < -0.39 is 0 Å². The van der Waals surface area contributed by atoms with Crippen LogP contribution in [0.5, 0.6) is 0 Å². The van der Waals surface area contributed by atoms with Crippen LogP contribution in [0.1, 0.15) is 24.8 Å². The molecular formula is C11H13ClOS. The van der Waals surface area contributed by atoms with Gasteiger partial charge in [-0.3, -0.25) is 0 Å². The zero-order valence-corrected chi connectivity index (χ0v) is 9.86. The van der Waals surface area contributed by atoms with E-state index in [0.717, 1.165) is 16.9 Å². The average molecular weight is 229 g/mol. The van der Waals surface area contributed by atoms with Crippen LogP contribution in [0, 0.1) is 0 Å². The minimum Gasteiger partial charge on any atom is -0.303 e. The third-order valence-electron chi connectivity index (χ3n) is 2.17. The summed E-state index contributed by atoms with van der Waals surface area (Å²) in [6.45, 7) is 2.04. The summed E-state index contributed by atoms with van der Waals surface area (Å²) in [5.74, 6) is 0.244. The van der Waals surface area contributed by atoms with Crippen molar-refractivity contribution in [2.75, 3.05) is 6.26 Å². The first kappa shape index (κ1) is 11.6. The fourth-order valence-corrected chi connectivity index (χ4v) is 2.24. The van der Waals surface area contributed by atoms with Crippen molar-refractivity contribution in [1.82, 2.24) is 0 Å². The fourth-order valence-electron chi connectivity index (χ4n) is 1.36. The van der Waals surface area contributed by atoms with Gasteiger partial charge in [0.15, 0.2) is 0 Å². The maximum atomic E-state index is 10.4. The lowest BCUT2D eigenvalue weighted by molar-refractivity contribution is -0.108. The Hall–Kier alpha value is -0.470. The number of halogens is 1. The highest BCUT2D eigenvalue weighted by molar-refractivity contribution is 7.98. The van der Waals surface area contributed by atoms with Crippen LogP contribution in [0.2, 0.25) is 5.02 Å². The molecule has 0 aliphatic carbocycles. The van der Waals surface area contributed by atoms with Crippen LogP contribution in [0.25, 0.3) is 0 Å². The number of carbonyl (C=O) groups excluding carboxylic acids is 1. The van der Waals surface area contributed by atoms with E-state index in [1.54, 1.807) is 11.8 Å². The first-order valence-electron chi connectivity index (χ1n) is 4.46. The zero-order valence-electron chi connectivity index (χ0n) is 8.29. The highest BCUT2D eigenvalue weighted by Crippen LogP contribution is 2.30. The molecule has 14 heavy (non-hydrogen) atoms. The molecule has 3 heteroatoms.